The molecule has 2 saturated heterocycles. The lowest BCUT2D eigenvalue weighted by Crippen LogP contribution is -2.53. The zero-order valence-electron chi connectivity index (χ0n) is 19.0. The summed E-state index contributed by atoms with van der Waals surface area (Å²) in [5.41, 5.74) is 1.26. The Bertz CT molecular complexity index is 830. The van der Waals surface area contributed by atoms with E-state index in [4.69, 9.17) is 4.74 Å². The third-order valence-electron chi connectivity index (χ3n) is 6.59. The second-order valence-electron chi connectivity index (χ2n) is 8.44. The normalized spacial score (nSPS) is 23.1. The highest BCUT2D eigenvalue weighted by Gasteiger charge is 2.31. The van der Waals surface area contributed by atoms with Crippen LogP contribution in [0.4, 0.5) is 5.69 Å². The molecular formula is C24H35N5OS. The molecule has 168 valence electrons. The first-order valence-electron chi connectivity index (χ1n) is 11.3. The van der Waals surface area contributed by atoms with Gasteiger partial charge in [-0.25, -0.2) is 0 Å². The van der Waals surface area contributed by atoms with Crippen LogP contribution in [0, 0.1) is 5.92 Å². The number of rotatable bonds is 5. The van der Waals surface area contributed by atoms with Gasteiger partial charge in [0.2, 0.25) is 0 Å². The molecule has 0 bridgehead atoms. The number of thiophene rings is 1. The fourth-order valence-corrected chi connectivity index (χ4v) is 5.89. The Balaban J connectivity index is 1.32. The number of guanidine groups is 1. The van der Waals surface area contributed by atoms with Crippen LogP contribution >= 0.6 is 11.3 Å². The maximum absolute atomic E-state index is 5.28. The van der Waals surface area contributed by atoms with Crippen molar-refractivity contribution >= 4 is 23.0 Å². The van der Waals surface area contributed by atoms with Gasteiger partial charge in [-0.1, -0.05) is 6.07 Å². The van der Waals surface area contributed by atoms with Crippen LogP contribution in [-0.2, 0) is 0 Å². The second kappa shape index (κ2) is 10.4. The summed E-state index contributed by atoms with van der Waals surface area (Å²) in [6, 6.07) is 13.3. The quantitative estimate of drug-likeness (QED) is 0.568. The Kier molecular flexibility index (Phi) is 7.35. The van der Waals surface area contributed by atoms with Crippen molar-refractivity contribution in [1.82, 2.24) is 15.1 Å². The standard InChI is InChI=1S/C24H35N5OS/c1-25-24(26-18-19-6-4-12-27(2)23(19)22-7-5-17-31-22)29-15-13-28(14-16-29)20-8-10-21(30-3)11-9-20/h5,7-11,17,19,23H,4,6,12-16,18H2,1-3H3,(H,25,26). The summed E-state index contributed by atoms with van der Waals surface area (Å²) >= 11 is 1.88. The molecule has 31 heavy (non-hydrogen) atoms. The van der Waals surface area contributed by atoms with Gasteiger partial charge in [-0.15, -0.1) is 11.3 Å². The zero-order chi connectivity index (χ0) is 21.6. The fourth-order valence-electron chi connectivity index (χ4n) is 4.91. The van der Waals surface area contributed by atoms with E-state index < -0.39 is 0 Å². The number of aliphatic imine (C=N–C) groups is 1. The number of ether oxygens (including phenoxy) is 1. The minimum atomic E-state index is 0.506. The van der Waals surface area contributed by atoms with Gasteiger partial charge in [0.1, 0.15) is 5.75 Å². The van der Waals surface area contributed by atoms with Crippen LogP contribution in [0.1, 0.15) is 23.8 Å². The number of hydrogen-bond acceptors (Lipinski definition) is 5. The van der Waals surface area contributed by atoms with Crippen molar-refractivity contribution in [2.45, 2.75) is 18.9 Å². The first-order valence-corrected chi connectivity index (χ1v) is 12.2. The van der Waals surface area contributed by atoms with Crippen molar-refractivity contribution < 1.29 is 4.74 Å². The number of methoxy groups -OCH3 is 1. The predicted octanol–water partition coefficient (Wildman–Crippen LogP) is 3.54. The van der Waals surface area contributed by atoms with Crippen molar-refractivity contribution in [2.75, 3.05) is 65.4 Å². The van der Waals surface area contributed by atoms with E-state index in [0.29, 0.717) is 12.0 Å². The summed E-state index contributed by atoms with van der Waals surface area (Å²) in [6.07, 6.45) is 2.53. The van der Waals surface area contributed by atoms with Gasteiger partial charge in [0.25, 0.3) is 0 Å². The minimum absolute atomic E-state index is 0.506. The van der Waals surface area contributed by atoms with Crippen molar-refractivity contribution in [3.8, 4) is 5.75 Å². The lowest BCUT2D eigenvalue weighted by molar-refractivity contribution is 0.124. The van der Waals surface area contributed by atoms with Gasteiger partial charge in [-0.05, 0) is 68.1 Å². The number of benzene rings is 1. The van der Waals surface area contributed by atoms with Crippen molar-refractivity contribution in [1.29, 1.82) is 0 Å². The molecule has 0 amide bonds. The molecule has 1 aromatic heterocycles. The smallest absolute Gasteiger partial charge is 0.193 e. The topological polar surface area (TPSA) is 43.3 Å². The van der Waals surface area contributed by atoms with Crippen LogP contribution in [0.3, 0.4) is 0 Å². The molecule has 2 atom stereocenters. The van der Waals surface area contributed by atoms with E-state index in [1.54, 1.807) is 7.11 Å². The number of piperidine rings is 1. The van der Waals surface area contributed by atoms with Gasteiger partial charge in [0.15, 0.2) is 5.96 Å². The number of nitrogens with one attached hydrogen (secondary N) is 1. The van der Waals surface area contributed by atoms with Crippen LogP contribution in [-0.4, -0.2) is 76.2 Å². The largest absolute Gasteiger partial charge is 0.497 e. The molecule has 7 heteroatoms. The Morgan fingerprint density at radius 3 is 2.55 bits per heavy atom. The summed E-state index contributed by atoms with van der Waals surface area (Å²) in [5.74, 6) is 2.54. The molecule has 2 fully saturated rings. The second-order valence-corrected chi connectivity index (χ2v) is 9.42. The molecule has 0 saturated carbocycles. The first kappa shape index (κ1) is 22.0. The summed E-state index contributed by atoms with van der Waals surface area (Å²) in [6.45, 7) is 6.10. The number of nitrogens with zero attached hydrogens (tertiary/aromatic N) is 4. The van der Waals surface area contributed by atoms with Crippen LogP contribution in [0.5, 0.6) is 5.75 Å². The van der Waals surface area contributed by atoms with Crippen LogP contribution in [0.2, 0.25) is 0 Å². The van der Waals surface area contributed by atoms with E-state index in [1.165, 1.54) is 30.0 Å². The maximum Gasteiger partial charge on any atom is 0.193 e. The van der Waals surface area contributed by atoms with E-state index in [0.717, 1.165) is 44.4 Å². The summed E-state index contributed by atoms with van der Waals surface area (Å²) in [5, 5.41) is 5.91. The van der Waals surface area contributed by atoms with Gasteiger partial charge in [0, 0.05) is 56.4 Å². The van der Waals surface area contributed by atoms with Gasteiger partial charge < -0.3 is 19.9 Å². The number of anilines is 1. The van der Waals surface area contributed by atoms with Gasteiger partial charge in [-0.2, -0.15) is 0 Å². The van der Waals surface area contributed by atoms with Crippen molar-refractivity contribution in [2.24, 2.45) is 10.9 Å². The zero-order valence-corrected chi connectivity index (χ0v) is 19.8. The SMILES string of the molecule is CN=C(NCC1CCCN(C)C1c1cccs1)N1CCN(c2ccc(OC)cc2)CC1. The average molecular weight is 442 g/mol. The molecule has 3 heterocycles. The maximum atomic E-state index is 5.28. The molecule has 1 N–H and O–H groups in total. The molecule has 0 aliphatic carbocycles. The fraction of sp³-hybridized carbons (Fsp3) is 0.542. The molecular weight excluding hydrogens is 406 g/mol. The highest BCUT2D eigenvalue weighted by atomic mass is 32.1. The number of likely N-dealkylation sites (tertiary alicyclic amines) is 1. The van der Waals surface area contributed by atoms with E-state index in [1.807, 2.05) is 30.5 Å². The molecule has 2 unspecified atom stereocenters. The third-order valence-corrected chi connectivity index (χ3v) is 7.54. The molecule has 4 rings (SSSR count). The van der Waals surface area contributed by atoms with E-state index in [2.05, 4.69) is 61.7 Å². The summed E-state index contributed by atoms with van der Waals surface area (Å²) in [4.78, 5) is 13.5. The van der Waals surface area contributed by atoms with Crippen LogP contribution in [0.15, 0.2) is 46.8 Å². The van der Waals surface area contributed by atoms with Crippen molar-refractivity contribution in [3.63, 3.8) is 0 Å². The Hall–Kier alpha value is -2.25. The molecule has 0 radical (unpaired) electrons. The lowest BCUT2D eigenvalue weighted by Gasteiger charge is -2.41. The molecule has 2 aromatic rings. The molecule has 6 nitrogen and oxygen atoms in total. The Labute approximate surface area is 190 Å². The van der Waals surface area contributed by atoms with Gasteiger partial charge in [0.05, 0.1) is 7.11 Å². The van der Waals surface area contributed by atoms with Gasteiger partial charge in [-0.3, -0.25) is 9.89 Å². The summed E-state index contributed by atoms with van der Waals surface area (Å²) < 4.78 is 5.28. The monoisotopic (exact) mass is 441 g/mol. The average Bonchev–Trinajstić information content (AvgIpc) is 3.34. The molecule has 2 aliphatic heterocycles. The molecule has 1 aromatic carbocycles. The minimum Gasteiger partial charge on any atom is -0.497 e. The summed E-state index contributed by atoms with van der Waals surface area (Å²) in [7, 11) is 5.88. The number of piperazine rings is 1. The third kappa shape index (κ3) is 5.15. The van der Waals surface area contributed by atoms with E-state index in [-0.39, 0.29) is 0 Å². The molecule has 2 aliphatic rings. The molecule has 0 spiro atoms. The van der Waals surface area contributed by atoms with E-state index in [9.17, 15) is 0 Å². The Morgan fingerprint density at radius 2 is 1.90 bits per heavy atom. The Morgan fingerprint density at radius 1 is 1.13 bits per heavy atom. The highest BCUT2D eigenvalue weighted by molar-refractivity contribution is 7.10. The number of hydrogen-bond donors (Lipinski definition) is 1. The highest BCUT2D eigenvalue weighted by Crippen LogP contribution is 2.36. The van der Waals surface area contributed by atoms with E-state index >= 15 is 0 Å². The van der Waals surface area contributed by atoms with Crippen LogP contribution < -0.4 is 15.0 Å². The lowest BCUT2D eigenvalue weighted by atomic mass is 9.88. The predicted molar refractivity (Wildman–Crippen MR) is 131 cm³/mol. The first-order chi connectivity index (χ1) is 15.2. The van der Waals surface area contributed by atoms with Crippen molar-refractivity contribution in [3.05, 3.63) is 46.7 Å². The van der Waals surface area contributed by atoms with Gasteiger partial charge >= 0.3 is 0 Å². The van der Waals surface area contributed by atoms with Crippen LogP contribution in [0.25, 0.3) is 0 Å².